The van der Waals surface area contributed by atoms with Gasteiger partial charge in [-0.25, -0.2) is 0 Å². The number of aromatic nitrogens is 2. The van der Waals surface area contributed by atoms with Crippen molar-refractivity contribution < 1.29 is 14.1 Å². The largest absolute Gasteiger partial charge is 0.347 e. The lowest BCUT2D eigenvalue weighted by Crippen LogP contribution is -2.44. The zero-order valence-electron chi connectivity index (χ0n) is 17.5. The van der Waals surface area contributed by atoms with E-state index in [0.29, 0.717) is 37.6 Å². The van der Waals surface area contributed by atoms with Crippen LogP contribution in [0.1, 0.15) is 41.6 Å². The van der Waals surface area contributed by atoms with Crippen molar-refractivity contribution in [3.8, 4) is 0 Å². The molecule has 0 aliphatic carbocycles. The van der Waals surface area contributed by atoms with E-state index < -0.39 is 0 Å². The molecule has 0 saturated carbocycles. The normalized spacial score (nSPS) is 14.6. The molecule has 2 aromatic carbocycles. The van der Waals surface area contributed by atoms with Gasteiger partial charge in [-0.05, 0) is 30.9 Å². The van der Waals surface area contributed by atoms with E-state index in [2.05, 4.69) is 15.5 Å². The van der Waals surface area contributed by atoms with Gasteiger partial charge in [0.1, 0.15) is 0 Å². The summed E-state index contributed by atoms with van der Waals surface area (Å²) >= 11 is 0. The maximum atomic E-state index is 13.5. The van der Waals surface area contributed by atoms with E-state index in [9.17, 15) is 9.59 Å². The molecule has 4 rings (SSSR count). The van der Waals surface area contributed by atoms with Crippen molar-refractivity contribution in [2.45, 2.75) is 32.2 Å². The van der Waals surface area contributed by atoms with Crippen molar-refractivity contribution in [2.75, 3.05) is 13.1 Å². The first-order valence-electron chi connectivity index (χ1n) is 10.6. The average Bonchev–Trinajstić information content (AvgIpc) is 3.24. The summed E-state index contributed by atoms with van der Waals surface area (Å²) in [6, 6.07) is 19.7. The molecule has 1 aliphatic rings. The number of rotatable bonds is 6. The zero-order chi connectivity index (χ0) is 21.6. The zero-order valence-corrected chi connectivity index (χ0v) is 17.5. The molecule has 0 spiro atoms. The Labute approximate surface area is 181 Å². The summed E-state index contributed by atoms with van der Waals surface area (Å²) in [6.45, 7) is 3.09. The summed E-state index contributed by atoms with van der Waals surface area (Å²) in [4.78, 5) is 32.0. The standard InChI is InChI=1S/C24H26N4O3/c1-17-26-21(31-27-17)16-25-23(29)20-12-14-28(15-13-20)24(30)22(18-8-4-2-5-9-18)19-10-6-3-7-11-19/h2-11,20,22H,12-16H2,1H3,(H,25,29). The third-order valence-corrected chi connectivity index (χ3v) is 5.67. The first-order chi connectivity index (χ1) is 15.1. The van der Waals surface area contributed by atoms with Crippen LogP contribution in [0.4, 0.5) is 0 Å². The molecule has 160 valence electrons. The summed E-state index contributed by atoms with van der Waals surface area (Å²) in [5.41, 5.74) is 1.96. The Kier molecular flexibility index (Phi) is 6.40. The van der Waals surface area contributed by atoms with Gasteiger partial charge >= 0.3 is 0 Å². The van der Waals surface area contributed by atoms with Gasteiger partial charge in [-0.15, -0.1) is 0 Å². The fraction of sp³-hybridized carbons (Fsp3) is 0.333. The molecule has 0 atom stereocenters. The number of piperidine rings is 1. The molecule has 7 nitrogen and oxygen atoms in total. The monoisotopic (exact) mass is 418 g/mol. The van der Waals surface area contributed by atoms with Gasteiger partial charge in [-0.3, -0.25) is 9.59 Å². The number of nitrogens with zero attached hydrogens (tertiary/aromatic N) is 3. The smallest absolute Gasteiger partial charge is 0.246 e. The first-order valence-corrected chi connectivity index (χ1v) is 10.6. The minimum absolute atomic E-state index is 0.0365. The van der Waals surface area contributed by atoms with Crippen LogP contribution in [0.15, 0.2) is 65.2 Å². The molecule has 1 aromatic heterocycles. The van der Waals surface area contributed by atoms with Gasteiger partial charge in [0.15, 0.2) is 5.82 Å². The summed E-state index contributed by atoms with van der Waals surface area (Å²) in [5.74, 6) is 0.520. The van der Waals surface area contributed by atoms with Gasteiger partial charge in [-0.1, -0.05) is 65.8 Å². The molecule has 0 radical (unpaired) electrons. The fourth-order valence-corrected chi connectivity index (χ4v) is 4.03. The number of hydrogen-bond donors (Lipinski definition) is 1. The lowest BCUT2D eigenvalue weighted by atomic mass is 9.88. The summed E-state index contributed by atoms with van der Waals surface area (Å²) in [5, 5.41) is 6.58. The number of amides is 2. The molecule has 1 saturated heterocycles. The highest BCUT2D eigenvalue weighted by atomic mass is 16.5. The predicted octanol–water partition coefficient (Wildman–Crippen LogP) is 3.06. The Morgan fingerprint density at radius 3 is 2.13 bits per heavy atom. The number of nitrogens with one attached hydrogen (secondary N) is 1. The van der Waals surface area contributed by atoms with E-state index >= 15 is 0 Å². The van der Waals surface area contributed by atoms with Crippen LogP contribution >= 0.6 is 0 Å². The quantitative estimate of drug-likeness (QED) is 0.665. The molecule has 3 aromatic rings. The Morgan fingerprint density at radius 1 is 1.03 bits per heavy atom. The number of carbonyl (C=O) groups excluding carboxylic acids is 2. The Bertz CT molecular complexity index is 972. The molecule has 1 fully saturated rings. The van der Waals surface area contributed by atoms with E-state index in [-0.39, 0.29) is 30.2 Å². The molecular formula is C24H26N4O3. The maximum Gasteiger partial charge on any atom is 0.246 e. The van der Waals surface area contributed by atoms with Crippen LogP contribution < -0.4 is 5.32 Å². The molecular weight excluding hydrogens is 392 g/mol. The van der Waals surface area contributed by atoms with Crippen molar-refractivity contribution >= 4 is 11.8 Å². The van der Waals surface area contributed by atoms with Crippen molar-refractivity contribution in [3.05, 3.63) is 83.5 Å². The number of hydrogen-bond acceptors (Lipinski definition) is 5. The fourth-order valence-electron chi connectivity index (χ4n) is 4.03. The van der Waals surface area contributed by atoms with Crippen LogP contribution in [0, 0.1) is 12.8 Å². The highest BCUT2D eigenvalue weighted by Crippen LogP contribution is 2.29. The van der Waals surface area contributed by atoms with Crippen LogP contribution in [-0.4, -0.2) is 39.9 Å². The third kappa shape index (κ3) is 4.99. The molecule has 1 N–H and O–H groups in total. The summed E-state index contributed by atoms with van der Waals surface area (Å²) in [6.07, 6.45) is 1.27. The molecule has 0 bridgehead atoms. The lowest BCUT2D eigenvalue weighted by molar-refractivity contribution is -0.136. The number of likely N-dealkylation sites (tertiary alicyclic amines) is 1. The molecule has 7 heteroatoms. The number of benzene rings is 2. The lowest BCUT2D eigenvalue weighted by Gasteiger charge is -2.34. The van der Waals surface area contributed by atoms with E-state index in [1.54, 1.807) is 6.92 Å². The van der Waals surface area contributed by atoms with Crippen molar-refractivity contribution in [1.29, 1.82) is 0 Å². The van der Waals surface area contributed by atoms with Gasteiger partial charge in [0, 0.05) is 19.0 Å². The summed E-state index contributed by atoms with van der Waals surface area (Å²) < 4.78 is 5.03. The molecule has 31 heavy (non-hydrogen) atoms. The van der Waals surface area contributed by atoms with Crippen molar-refractivity contribution in [3.63, 3.8) is 0 Å². The Morgan fingerprint density at radius 2 is 1.61 bits per heavy atom. The highest BCUT2D eigenvalue weighted by molar-refractivity contribution is 5.87. The van der Waals surface area contributed by atoms with Crippen LogP contribution in [0.5, 0.6) is 0 Å². The Balaban J connectivity index is 1.38. The number of carbonyl (C=O) groups is 2. The number of aryl methyl sites for hydroxylation is 1. The maximum absolute atomic E-state index is 13.5. The third-order valence-electron chi connectivity index (χ3n) is 5.67. The van der Waals surface area contributed by atoms with E-state index in [1.807, 2.05) is 65.6 Å². The van der Waals surface area contributed by atoms with Gasteiger partial charge < -0.3 is 14.7 Å². The van der Waals surface area contributed by atoms with Crippen LogP contribution in [0.25, 0.3) is 0 Å². The van der Waals surface area contributed by atoms with Crippen LogP contribution in [-0.2, 0) is 16.1 Å². The van der Waals surface area contributed by atoms with Crippen molar-refractivity contribution in [1.82, 2.24) is 20.4 Å². The van der Waals surface area contributed by atoms with E-state index in [1.165, 1.54) is 0 Å². The van der Waals surface area contributed by atoms with Gasteiger partial charge in [0.2, 0.25) is 17.7 Å². The van der Waals surface area contributed by atoms with Gasteiger partial charge in [0.05, 0.1) is 12.5 Å². The first kappa shape index (κ1) is 20.8. The van der Waals surface area contributed by atoms with Gasteiger partial charge in [-0.2, -0.15) is 4.98 Å². The summed E-state index contributed by atoms with van der Waals surface area (Å²) in [7, 11) is 0. The molecule has 2 heterocycles. The second-order valence-electron chi connectivity index (χ2n) is 7.81. The minimum atomic E-state index is -0.339. The second kappa shape index (κ2) is 9.55. The van der Waals surface area contributed by atoms with Crippen LogP contribution in [0.2, 0.25) is 0 Å². The van der Waals surface area contributed by atoms with Crippen LogP contribution in [0.3, 0.4) is 0 Å². The van der Waals surface area contributed by atoms with E-state index in [0.717, 1.165) is 11.1 Å². The predicted molar refractivity (Wildman–Crippen MR) is 115 cm³/mol. The average molecular weight is 418 g/mol. The molecule has 0 unspecified atom stereocenters. The van der Waals surface area contributed by atoms with E-state index in [4.69, 9.17) is 4.52 Å². The van der Waals surface area contributed by atoms with Gasteiger partial charge in [0.25, 0.3) is 0 Å². The minimum Gasteiger partial charge on any atom is -0.347 e. The second-order valence-corrected chi connectivity index (χ2v) is 7.81. The van der Waals surface area contributed by atoms with Crippen molar-refractivity contribution in [2.24, 2.45) is 5.92 Å². The Hall–Kier alpha value is -3.48. The topological polar surface area (TPSA) is 88.3 Å². The highest BCUT2D eigenvalue weighted by Gasteiger charge is 2.32. The SMILES string of the molecule is Cc1noc(CNC(=O)C2CCN(C(=O)C(c3ccccc3)c3ccccc3)CC2)n1. The molecule has 1 aliphatic heterocycles. The molecule has 2 amide bonds.